The molecule has 0 unspecified atom stereocenters. The lowest BCUT2D eigenvalue weighted by Crippen LogP contribution is -2.00. The molecule has 3 aromatic carbocycles. The molecule has 0 atom stereocenters. The number of H-pyrrole nitrogens is 1. The fourth-order valence-electron chi connectivity index (χ4n) is 3.78. The SMILES string of the molecule is c1ccc(-c2nc(SCCCn3ccnc3-c3ccccc3)[nH]c2-c2ccccc2)cc1. The molecule has 0 aliphatic carbocycles. The molecule has 0 spiro atoms. The van der Waals surface area contributed by atoms with Crippen molar-refractivity contribution in [2.45, 2.75) is 18.1 Å². The van der Waals surface area contributed by atoms with Crippen LogP contribution in [0.15, 0.2) is 109 Å². The third-order valence-corrected chi connectivity index (χ3v) is 6.28. The van der Waals surface area contributed by atoms with E-state index >= 15 is 0 Å². The van der Waals surface area contributed by atoms with E-state index in [1.807, 2.05) is 24.4 Å². The Kier molecular flexibility index (Phi) is 6.17. The molecule has 158 valence electrons. The fourth-order valence-corrected chi connectivity index (χ4v) is 4.58. The van der Waals surface area contributed by atoms with E-state index in [1.165, 1.54) is 0 Å². The van der Waals surface area contributed by atoms with Gasteiger partial charge in [-0.1, -0.05) is 103 Å². The molecule has 32 heavy (non-hydrogen) atoms. The van der Waals surface area contributed by atoms with Crippen LogP contribution < -0.4 is 0 Å². The highest BCUT2D eigenvalue weighted by Crippen LogP contribution is 2.32. The summed E-state index contributed by atoms with van der Waals surface area (Å²) in [6, 6.07) is 31.1. The summed E-state index contributed by atoms with van der Waals surface area (Å²) in [6.45, 7) is 0.926. The lowest BCUT2D eigenvalue weighted by atomic mass is 10.1. The minimum Gasteiger partial charge on any atom is -0.332 e. The van der Waals surface area contributed by atoms with Crippen molar-refractivity contribution >= 4 is 11.8 Å². The first-order valence-electron chi connectivity index (χ1n) is 10.8. The van der Waals surface area contributed by atoms with Crippen LogP contribution in [0.1, 0.15) is 6.42 Å². The molecular weight excluding hydrogens is 412 g/mol. The van der Waals surface area contributed by atoms with Gasteiger partial charge in [-0.15, -0.1) is 0 Å². The third kappa shape index (κ3) is 4.53. The van der Waals surface area contributed by atoms with Crippen LogP contribution in [0.25, 0.3) is 33.9 Å². The molecule has 0 bridgehead atoms. The van der Waals surface area contributed by atoms with E-state index in [0.29, 0.717) is 0 Å². The Morgan fingerprint density at radius 3 is 2.06 bits per heavy atom. The molecule has 5 rings (SSSR count). The van der Waals surface area contributed by atoms with Gasteiger partial charge in [0.1, 0.15) is 5.82 Å². The molecule has 4 nitrogen and oxygen atoms in total. The van der Waals surface area contributed by atoms with E-state index in [2.05, 4.69) is 93.5 Å². The maximum Gasteiger partial charge on any atom is 0.166 e. The van der Waals surface area contributed by atoms with Crippen LogP contribution in [-0.4, -0.2) is 25.3 Å². The number of rotatable bonds is 8. The van der Waals surface area contributed by atoms with Gasteiger partial charge in [0.05, 0.1) is 11.4 Å². The van der Waals surface area contributed by atoms with Crippen molar-refractivity contribution in [3.8, 4) is 33.9 Å². The minimum atomic E-state index is 0.926. The normalized spacial score (nSPS) is 11.0. The Morgan fingerprint density at radius 1 is 0.750 bits per heavy atom. The number of hydrogen-bond donors (Lipinski definition) is 1. The van der Waals surface area contributed by atoms with Gasteiger partial charge in [0.2, 0.25) is 0 Å². The van der Waals surface area contributed by atoms with E-state index in [9.17, 15) is 0 Å². The molecular formula is C27H24N4S. The van der Waals surface area contributed by atoms with Crippen molar-refractivity contribution in [2.75, 3.05) is 5.75 Å². The standard InChI is InChI=1S/C27H24N4S/c1-4-11-21(12-5-1)24-25(22-13-6-2-7-14-22)30-27(29-24)32-20-10-18-31-19-17-28-26(31)23-15-8-3-9-16-23/h1-9,11-17,19H,10,18,20H2,(H,29,30). The second kappa shape index (κ2) is 9.71. The van der Waals surface area contributed by atoms with Crippen molar-refractivity contribution in [3.05, 3.63) is 103 Å². The Labute approximate surface area is 192 Å². The van der Waals surface area contributed by atoms with E-state index in [1.54, 1.807) is 11.8 Å². The van der Waals surface area contributed by atoms with E-state index < -0.39 is 0 Å². The zero-order valence-electron chi connectivity index (χ0n) is 17.7. The number of hydrogen-bond acceptors (Lipinski definition) is 3. The maximum atomic E-state index is 4.94. The van der Waals surface area contributed by atoms with E-state index in [0.717, 1.165) is 57.8 Å². The first-order chi connectivity index (χ1) is 15.9. The van der Waals surface area contributed by atoms with Crippen LogP contribution in [0.5, 0.6) is 0 Å². The molecule has 0 radical (unpaired) electrons. The Balaban J connectivity index is 1.29. The average molecular weight is 437 g/mol. The highest BCUT2D eigenvalue weighted by atomic mass is 32.2. The lowest BCUT2D eigenvalue weighted by molar-refractivity contribution is 0.690. The summed E-state index contributed by atoms with van der Waals surface area (Å²) in [6.07, 6.45) is 4.96. The van der Waals surface area contributed by atoms with Crippen molar-refractivity contribution < 1.29 is 0 Å². The molecule has 2 heterocycles. The summed E-state index contributed by atoms with van der Waals surface area (Å²) in [7, 11) is 0. The van der Waals surface area contributed by atoms with Gasteiger partial charge >= 0.3 is 0 Å². The van der Waals surface area contributed by atoms with Gasteiger partial charge in [0, 0.05) is 41.4 Å². The largest absolute Gasteiger partial charge is 0.332 e. The highest BCUT2D eigenvalue weighted by molar-refractivity contribution is 7.99. The average Bonchev–Trinajstić information content (AvgIpc) is 3.51. The smallest absolute Gasteiger partial charge is 0.166 e. The molecule has 1 N–H and O–H groups in total. The van der Waals surface area contributed by atoms with Gasteiger partial charge in [-0.2, -0.15) is 0 Å². The summed E-state index contributed by atoms with van der Waals surface area (Å²) in [5.41, 5.74) is 5.49. The van der Waals surface area contributed by atoms with Gasteiger partial charge < -0.3 is 9.55 Å². The number of thioether (sulfide) groups is 1. The predicted molar refractivity (Wildman–Crippen MR) is 132 cm³/mol. The molecule has 2 aromatic heterocycles. The van der Waals surface area contributed by atoms with Crippen molar-refractivity contribution in [1.82, 2.24) is 19.5 Å². The second-order valence-corrected chi connectivity index (χ2v) is 8.59. The lowest BCUT2D eigenvalue weighted by Gasteiger charge is -2.07. The molecule has 0 amide bonds. The molecule has 0 aliphatic rings. The Hall–Kier alpha value is -3.57. The number of benzene rings is 3. The molecule has 0 saturated heterocycles. The van der Waals surface area contributed by atoms with Gasteiger partial charge in [0.25, 0.3) is 0 Å². The summed E-state index contributed by atoms with van der Waals surface area (Å²) in [4.78, 5) is 13.0. The van der Waals surface area contributed by atoms with Crippen LogP contribution in [0, 0.1) is 0 Å². The zero-order chi connectivity index (χ0) is 21.6. The summed E-state index contributed by atoms with van der Waals surface area (Å²) in [5.74, 6) is 1.99. The van der Waals surface area contributed by atoms with E-state index in [4.69, 9.17) is 4.98 Å². The predicted octanol–water partition coefficient (Wildman–Crippen LogP) is 6.79. The Morgan fingerprint density at radius 2 is 1.38 bits per heavy atom. The summed E-state index contributed by atoms with van der Waals surface area (Å²) in [5, 5.41) is 0.955. The quantitative estimate of drug-likeness (QED) is 0.215. The topological polar surface area (TPSA) is 46.5 Å². The van der Waals surface area contributed by atoms with Gasteiger partial charge in [-0.3, -0.25) is 0 Å². The molecule has 0 aliphatic heterocycles. The number of aromatic nitrogens is 4. The highest BCUT2D eigenvalue weighted by Gasteiger charge is 2.14. The van der Waals surface area contributed by atoms with Gasteiger partial charge in [-0.05, 0) is 6.42 Å². The Bertz CT molecular complexity index is 1200. The van der Waals surface area contributed by atoms with Crippen LogP contribution in [-0.2, 0) is 6.54 Å². The zero-order valence-corrected chi connectivity index (χ0v) is 18.5. The molecule has 5 aromatic rings. The summed E-state index contributed by atoms with van der Waals surface area (Å²) >= 11 is 1.77. The maximum absolute atomic E-state index is 4.94. The molecule has 0 fully saturated rings. The number of aromatic amines is 1. The van der Waals surface area contributed by atoms with Crippen LogP contribution in [0.3, 0.4) is 0 Å². The number of imidazole rings is 2. The van der Waals surface area contributed by atoms with Crippen LogP contribution >= 0.6 is 11.8 Å². The second-order valence-electron chi connectivity index (χ2n) is 7.51. The van der Waals surface area contributed by atoms with Crippen LogP contribution in [0.4, 0.5) is 0 Å². The number of aryl methyl sites for hydroxylation is 1. The number of nitrogens with zero attached hydrogens (tertiary/aromatic N) is 3. The van der Waals surface area contributed by atoms with Crippen LogP contribution in [0.2, 0.25) is 0 Å². The molecule has 5 heteroatoms. The van der Waals surface area contributed by atoms with Crippen molar-refractivity contribution in [3.63, 3.8) is 0 Å². The fraction of sp³-hybridized carbons (Fsp3) is 0.111. The van der Waals surface area contributed by atoms with Gasteiger partial charge in [0.15, 0.2) is 5.16 Å². The number of nitrogens with one attached hydrogen (secondary N) is 1. The van der Waals surface area contributed by atoms with E-state index in [-0.39, 0.29) is 0 Å². The van der Waals surface area contributed by atoms with Gasteiger partial charge in [-0.25, -0.2) is 9.97 Å². The van der Waals surface area contributed by atoms with Crippen molar-refractivity contribution in [2.24, 2.45) is 0 Å². The monoisotopic (exact) mass is 436 g/mol. The minimum absolute atomic E-state index is 0.926. The first kappa shape index (κ1) is 20.3. The first-order valence-corrected chi connectivity index (χ1v) is 11.8. The molecule has 0 saturated carbocycles. The van der Waals surface area contributed by atoms with Crippen molar-refractivity contribution in [1.29, 1.82) is 0 Å². The third-order valence-electron chi connectivity index (χ3n) is 5.32. The summed E-state index contributed by atoms with van der Waals surface area (Å²) < 4.78 is 2.23.